The number of rotatable bonds is 4. The summed E-state index contributed by atoms with van der Waals surface area (Å²) in [7, 11) is 0. The van der Waals surface area contributed by atoms with E-state index in [-0.39, 0.29) is 0 Å². The largest absolute Gasteiger partial charge is 0.456 e. The molecular formula is C45H30N2O. The summed E-state index contributed by atoms with van der Waals surface area (Å²) in [5.41, 5.74) is 10.0. The zero-order valence-corrected chi connectivity index (χ0v) is 26.4. The molecule has 226 valence electrons. The fourth-order valence-corrected chi connectivity index (χ4v) is 7.97. The van der Waals surface area contributed by atoms with E-state index in [4.69, 9.17) is 9.40 Å². The molecule has 48 heavy (non-hydrogen) atoms. The molecule has 0 atom stereocenters. The molecule has 0 saturated carbocycles. The monoisotopic (exact) mass is 614 g/mol. The van der Waals surface area contributed by atoms with Crippen LogP contribution in [0.25, 0.3) is 93.2 Å². The summed E-state index contributed by atoms with van der Waals surface area (Å²) in [6, 6.07) is 54.5. The third-order valence-corrected chi connectivity index (χ3v) is 9.96. The zero-order valence-electron chi connectivity index (χ0n) is 26.4. The lowest BCUT2D eigenvalue weighted by atomic mass is 9.83. The average molecular weight is 615 g/mol. The fraction of sp³-hybridized carbons (Fsp3) is 0.0444. The highest BCUT2D eigenvalue weighted by Crippen LogP contribution is 2.48. The van der Waals surface area contributed by atoms with E-state index in [1.807, 2.05) is 6.07 Å². The van der Waals surface area contributed by atoms with Crippen molar-refractivity contribution in [2.45, 2.75) is 13.3 Å². The van der Waals surface area contributed by atoms with Crippen molar-refractivity contribution < 1.29 is 4.42 Å². The Balaban J connectivity index is 1.31. The highest BCUT2D eigenvalue weighted by Gasteiger charge is 2.22. The minimum atomic E-state index is 0.847. The van der Waals surface area contributed by atoms with Gasteiger partial charge in [0.1, 0.15) is 17.0 Å². The molecule has 0 aliphatic heterocycles. The average Bonchev–Trinajstić information content (AvgIpc) is 3.72. The number of para-hydroxylation sites is 3. The van der Waals surface area contributed by atoms with Crippen LogP contribution in [0.15, 0.2) is 156 Å². The number of aromatic nitrogens is 2. The normalized spacial score (nSPS) is 11.9. The van der Waals surface area contributed by atoms with Crippen molar-refractivity contribution in [2.24, 2.45) is 0 Å². The molecule has 0 aliphatic rings. The number of imidazole rings is 1. The summed E-state index contributed by atoms with van der Waals surface area (Å²) >= 11 is 0. The Morgan fingerprint density at radius 3 is 1.75 bits per heavy atom. The van der Waals surface area contributed by atoms with E-state index in [0.29, 0.717) is 0 Å². The lowest BCUT2D eigenvalue weighted by Gasteiger charge is -2.20. The minimum Gasteiger partial charge on any atom is -0.456 e. The highest BCUT2D eigenvalue weighted by molar-refractivity contribution is 6.27. The SMILES string of the molecule is CCc1nc2ccccc2n1-c1ccc(-c2c3ccccc3c(-c3cccc4oc5ccccc5c34)c3ccccc23)c2ccccc12. The summed E-state index contributed by atoms with van der Waals surface area (Å²) < 4.78 is 8.70. The summed E-state index contributed by atoms with van der Waals surface area (Å²) in [6.07, 6.45) is 0.847. The maximum atomic E-state index is 6.36. The van der Waals surface area contributed by atoms with Crippen LogP contribution in [0, 0.1) is 0 Å². The first-order valence-corrected chi connectivity index (χ1v) is 16.6. The second-order valence-corrected chi connectivity index (χ2v) is 12.5. The molecule has 3 heteroatoms. The third-order valence-electron chi connectivity index (χ3n) is 9.96. The molecule has 0 fully saturated rings. The second kappa shape index (κ2) is 10.4. The summed E-state index contributed by atoms with van der Waals surface area (Å²) in [5, 5.41) is 9.65. The van der Waals surface area contributed by atoms with Crippen LogP contribution in [0.3, 0.4) is 0 Å². The predicted molar refractivity (Wildman–Crippen MR) is 201 cm³/mol. The van der Waals surface area contributed by atoms with Gasteiger partial charge in [0.2, 0.25) is 0 Å². The summed E-state index contributed by atoms with van der Waals surface area (Å²) in [4.78, 5) is 5.01. The molecule has 8 aromatic carbocycles. The van der Waals surface area contributed by atoms with Crippen LogP contribution >= 0.6 is 0 Å². The Morgan fingerprint density at radius 1 is 0.479 bits per heavy atom. The van der Waals surface area contributed by atoms with Crippen LogP contribution in [0.1, 0.15) is 12.7 Å². The van der Waals surface area contributed by atoms with E-state index in [1.54, 1.807) is 0 Å². The van der Waals surface area contributed by atoms with Gasteiger partial charge in [0.25, 0.3) is 0 Å². The number of hydrogen-bond acceptors (Lipinski definition) is 2. The first-order valence-electron chi connectivity index (χ1n) is 16.6. The second-order valence-electron chi connectivity index (χ2n) is 12.5. The van der Waals surface area contributed by atoms with Crippen LogP contribution in [0.5, 0.6) is 0 Å². The van der Waals surface area contributed by atoms with Crippen molar-refractivity contribution in [3.63, 3.8) is 0 Å². The van der Waals surface area contributed by atoms with Crippen molar-refractivity contribution in [3.8, 4) is 27.9 Å². The van der Waals surface area contributed by atoms with Crippen LogP contribution in [-0.2, 0) is 6.42 Å². The van der Waals surface area contributed by atoms with Crippen molar-refractivity contribution >= 4 is 65.3 Å². The predicted octanol–water partition coefficient (Wildman–Crippen LogP) is 12.3. The summed E-state index contributed by atoms with van der Waals surface area (Å²) in [5.74, 6) is 1.07. The van der Waals surface area contributed by atoms with E-state index in [1.165, 1.54) is 54.6 Å². The van der Waals surface area contributed by atoms with Crippen molar-refractivity contribution in [2.75, 3.05) is 0 Å². The zero-order chi connectivity index (χ0) is 31.8. The molecular weight excluding hydrogens is 585 g/mol. The van der Waals surface area contributed by atoms with Gasteiger partial charge in [-0.1, -0.05) is 128 Å². The van der Waals surface area contributed by atoms with Crippen LogP contribution in [0.4, 0.5) is 0 Å². The van der Waals surface area contributed by atoms with Gasteiger partial charge in [-0.15, -0.1) is 0 Å². The molecule has 0 spiro atoms. The molecule has 0 bridgehead atoms. The van der Waals surface area contributed by atoms with E-state index in [0.717, 1.165) is 50.9 Å². The van der Waals surface area contributed by atoms with E-state index in [2.05, 4.69) is 157 Å². The first kappa shape index (κ1) is 27.0. The van der Waals surface area contributed by atoms with Gasteiger partial charge in [-0.3, -0.25) is 4.57 Å². The lowest BCUT2D eigenvalue weighted by Crippen LogP contribution is -2.01. The van der Waals surface area contributed by atoms with Gasteiger partial charge in [-0.25, -0.2) is 4.98 Å². The van der Waals surface area contributed by atoms with E-state index in [9.17, 15) is 0 Å². The standard InChI is InChI=1S/C45H30N2O/c1-2-42-46-37-22-10-11-23-39(37)47(42)38-27-26-34(28-14-3-4-15-29(28)38)43-30-16-5-7-18-32(30)44(33-19-8-6-17-31(33)43)36-21-13-25-41-45(36)35-20-9-12-24-40(35)48-41/h3-27H,2H2,1H3. The van der Waals surface area contributed by atoms with Gasteiger partial charge in [0, 0.05) is 22.6 Å². The van der Waals surface area contributed by atoms with Crippen LogP contribution in [0.2, 0.25) is 0 Å². The highest BCUT2D eigenvalue weighted by atomic mass is 16.3. The Bertz CT molecular complexity index is 2830. The van der Waals surface area contributed by atoms with Gasteiger partial charge in [-0.05, 0) is 79.5 Å². The maximum Gasteiger partial charge on any atom is 0.136 e. The molecule has 2 aromatic heterocycles. The quantitative estimate of drug-likeness (QED) is 0.185. The number of benzene rings is 8. The number of furan rings is 1. The van der Waals surface area contributed by atoms with Crippen LogP contribution in [-0.4, -0.2) is 9.55 Å². The smallest absolute Gasteiger partial charge is 0.136 e. The minimum absolute atomic E-state index is 0.847. The van der Waals surface area contributed by atoms with Gasteiger partial charge in [0.05, 0.1) is 16.7 Å². The van der Waals surface area contributed by atoms with Gasteiger partial charge >= 0.3 is 0 Å². The Kier molecular flexibility index (Phi) is 5.85. The molecule has 0 saturated heterocycles. The summed E-state index contributed by atoms with van der Waals surface area (Å²) in [6.45, 7) is 2.18. The topological polar surface area (TPSA) is 31.0 Å². The molecule has 10 aromatic rings. The van der Waals surface area contributed by atoms with Gasteiger partial charge < -0.3 is 4.42 Å². The van der Waals surface area contributed by atoms with E-state index < -0.39 is 0 Å². The number of nitrogens with zero attached hydrogens (tertiary/aromatic N) is 2. The molecule has 0 amide bonds. The molecule has 0 N–H and O–H groups in total. The molecule has 10 rings (SSSR count). The van der Waals surface area contributed by atoms with E-state index >= 15 is 0 Å². The fourth-order valence-electron chi connectivity index (χ4n) is 7.97. The molecule has 2 heterocycles. The lowest BCUT2D eigenvalue weighted by molar-refractivity contribution is 0.669. The molecule has 0 aliphatic carbocycles. The van der Waals surface area contributed by atoms with Crippen molar-refractivity contribution in [3.05, 3.63) is 157 Å². The van der Waals surface area contributed by atoms with Crippen LogP contribution < -0.4 is 0 Å². The number of fused-ring (bicyclic) bond motifs is 7. The Hall–Kier alpha value is -6.19. The Morgan fingerprint density at radius 2 is 1.04 bits per heavy atom. The maximum absolute atomic E-state index is 6.36. The first-order chi connectivity index (χ1) is 23.8. The molecule has 0 unspecified atom stereocenters. The molecule has 0 radical (unpaired) electrons. The number of hydrogen-bond donors (Lipinski definition) is 0. The van der Waals surface area contributed by atoms with Crippen molar-refractivity contribution in [1.29, 1.82) is 0 Å². The van der Waals surface area contributed by atoms with Gasteiger partial charge in [0.15, 0.2) is 0 Å². The van der Waals surface area contributed by atoms with Gasteiger partial charge in [-0.2, -0.15) is 0 Å². The van der Waals surface area contributed by atoms with Crippen molar-refractivity contribution in [1.82, 2.24) is 9.55 Å². The molecule has 3 nitrogen and oxygen atoms in total. The number of aryl methyl sites for hydroxylation is 1. The third kappa shape index (κ3) is 3.79. The Labute approximate surface area is 277 Å².